The third-order valence-corrected chi connectivity index (χ3v) is 5.12. The highest BCUT2D eigenvalue weighted by Gasteiger charge is 2.20. The topological polar surface area (TPSA) is 58.5 Å². The summed E-state index contributed by atoms with van der Waals surface area (Å²) in [6, 6.07) is 8.22. The molecule has 0 spiro atoms. The van der Waals surface area contributed by atoms with Gasteiger partial charge in [-0.3, -0.25) is 4.99 Å². The van der Waals surface area contributed by atoms with E-state index in [1.807, 2.05) is 18.3 Å². The predicted molar refractivity (Wildman–Crippen MR) is 111 cm³/mol. The standard InChI is InChI=1S/C20H30N4OS/c1-6-21-19(22-12-11-18-23-13-15(2)26-18)24-14-20(3,4)16-7-9-17(25-5)10-8-16/h7-10,13H,6,11-12,14H2,1-5H3,(H2,21,22,24). The summed E-state index contributed by atoms with van der Waals surface area (Å²) in [6.07, 6.45) is 2.83. The number of rotatable bonds is 8. The molecule has 2 aromatic rings. The minimum Gasteiger partial charge on any atom is -0.497 e. The molecule has 0 bridgehead atoms. The Balaban J connectivity index is 1.94. The fraction of sp³-hybridized carbons (Fsp3) is 0.500. The van der Waals surface area contributed by atoms with E-state index in [0.717, 1.165) is 36.2 Å². The van der Waals surface area contributed by atoms with Crippen molar-refractivity contribution in [1.82, 2.24) is 15.6 Å². The van der Waals surface area contributed by atoms with Crippen LogP contribution in [0.4, 0.5) is 0 Å². The van der Waals surface area contributed by atoms with Crippen LogP contribution in [0.1, 0.15) is 36.2 Å². The van der Waals surface area contributed by atoms with Gasteiger partial charge in [-0.25, -0.2) is 4.98 Å². The third-order valence-electron chi connectivity index (χ3n) is 4.15. The molecular formula is C20H30N4OS. The fourth-order valence-corrected chi connectivity index (χ4v) is 3.34. The number of aliphatic imine (C=N–C) groups is 1. The van der Waals surface area contributed by atoms with Gasteiger partial charge in [-0.05, 0) is 31.5 Å². The van der Waals surface area contributed by atoms with Crippen molar-refractivity contribution in [3.05, 3.63) is 45.9 Å². The number of guanidine groups is 1. The molecule has 2 rings (SSSR count). The van der Waals surface area contributed by atoms with Crippen LogP contribution in [0.5, 0.6) is 5.75 Å². The first-order valence-electron chi connectivity index (χ1n) is 9.02. The van der Waals surface area contributed by atoms with Crippen LogP contribution in [0.2, 0.25) is 0 Å². The van der Waals surface area contributed by atoms with E-state index in [-0.39, 0.29) is 5.41 Å². The van der Waals surface area contributed by atoms with Crippen LogP contribution in [-0.4, -0.2) is 37.7 Å². The SMILES string of the molecule is CCNC(=NCC(C)(C)c1ccc(OC)cc1)NCCc1ncc(C)s1. The van der Waals surface area contributed by atoms with Crippen LogP contribution in [-0.2, 0) is 11.8 Å². The van der Waals surface area contributed by atoms with Gasteiger partial charge in [0, 0.05) is 36.0 Å². The van der Waals surface area contributed by atoms with Gasteiger partial charge in [0.15, 0.2) is 5.96 Å². The van der Waals surface area contributed by atoms with Crippen LogP contribution in [0, 0.1) is 6.92 Å². The molecule has 142 valence electrons. The van der Waals surface area contributed by atoms with Gasteiger partial charge < -0.3 is 15.4 Å². The normalized spacial score (nSPS) is 12.1. The molecule has 0 amide bonds. The molecule has 2 N–H and O–H groups in total. The van der Waals surface area contributed by atoms with E-state index >= 15 is 0 Å². The maximum Gasteiger partial charge on any atom is 0.191 e. The number of aryl methyl sites for hydroxylation is 1. The van der Waals surface area contributed by atoms with E-state index < -0.39 is 0 Å². The second-order valence-corrected chi connectivity index (χ2v) is 8.17. The molecule has 1 heterocycles. The summed E-state index contributed by atoms with van der Waals surface area (Å²) < 4.78 is 5.24. The zero-order valence-corrected chi connectivity index (χ0v) is 17.2. The lowest BCUT2D eigenvalue weighted by atomic mass is 9.85. The van der Waals surface area contributed by atoms with Gasteiger partial charge in [-0.2, -0.15) is 0 Å². The zero-order valence-electron chi connectivity index (χ0n) is 16.4. The zero-order chi connectivity index (χ0) is 19.0. The smallest absolute Gasteiger partial charge is 0.191 e. The number of aromatic nitrogens is 1. The summed E-state index contributed by atoms with van der Waals surface area (Å²) in [7, 11) is 1.69. The molecule has 0 aliphatic heterocycles. The second-order valence-electron chi connectivity index (χ2n) is 6.85. The number of nitrogens with zero attached hydrogens (tertiary/aromatic N) is 2. The molecule has 0 atom stereocenters. The molecule has 1 aromatic heterocycles. The van der Waals surface area contributed by atoms with E-state index in [2.05, 4.69) is 55.4 Å². The highest BCUT2D eigenvalue weighted by molar-refractivity contribution is 7.11. The van der Waals surface area contributed by atoms with Crippen LogP contribution < -0.4 is 15.4 Å². The van der Waals surface area contributed by atoms with E-state index in [0.29, 0.717) is 6.54 Å². The Bertz CT molecular complexity index is 707. The Labute approximate surface area is 160 Å². The maximum atomic E-state index is 5.24. The van der Waals surface area contributed by atoms with Gasteiger partial charge in [-0.1, -0.05) is 26.0 Å². The number of hydrogen-bond donors (Lipinski definition) is 2. The van der Waals surface area contributed by atoms with Crippen LogP contribution in [0.15, 0.2) is 35.5 Å². The van der Waals surface area contributed by atoms with E-state index in [4.69, 9.17) is 9.73 Å². The Kier molecular flexibility index (Phi) is 7.45. The van der Waals surface area contributed by atoms with Gasteiger partial charge in [0.2, 0.25) is 0 Å². The van der Waals surface area contributed by atoms with Gasteiger partial charge in [0.25, 0.3) is 0 Å². The first-order valence-corrected chi connectivity index (χ1v) is 9.84. The van der Waals surface area contributed by atoms with Gasteiger partial charge in [-0.15, -0.1) is 11.3 Å². The monoisotopic (exact) mass is 374 g/mol. The van der Waals surface area contributed by atoms with Crippen LogP contribution in [0.25, 0.3) is 0 Å². The first kappa shape index (κ1) is 20.2. The average molecular weight is 375 g/mol. The number of benzene rings is 1. The molecule has 6 heteroatoms. The molecule has 0 aliphatic rings. The lowest BCUT2D eigenvalue weighted by molar-refractivity contribution is 0.414. The van der Waals surface area contributed by atoms with E-state index in [9.17, 15) is 0 Å². The van der Waals surface area contributed by atoms with Crippen molar-refractivity contribution >= 4 is 17.3 Å². The van der Waals surface area contributed by atoms with Crippen molar-refractivity contribution in [3.8, 4) is 5.75 Å². The molecule has 5 nitrogen and oxygen atoms in total. The number of thiazole rings is 1. The highest BCUT2D eigenvalue weighted by atomic mass is 32.1. The minimum atomic E-state index is -0.0545. The van der Waals surface area contributed by atoms with E-state index in [1.165, 1.54) is 10.4 Å². The summed E-state index contributed by atoms with van der Waals surface area (Å²) >= 11 is 1.75. The van der Waals surface area contributed by atoms with Crippen molar-refractivity contribution in [2.75, 3.05) is 26.7 Å². The molecule has 0 saturated carbocycles. The minimum absolute atomic E-state index is 0.0545. The maximum absolute atomic E-state index is 5.24. The Morgan fingerprint density at radius 2 is 1.96 bits per heavy atom. The average Bonchev–Trinajstić information content (AvgIpc) is 3.05. The molecule has 0 unspecified atom stereocenters. The largest absolute Gasteiger partial charge is 0.497 e. The molecule has 0 aliphatic carbocycles. The first-order chi connectivity index (χ1) is 12.4. The van der Waals surface area contributed by atoms with Crippen LogP contribution >= 0.6 is 11.3 Å². The number of nitrogens with one attached hydrogen (secondary N) is 2. The number of methoxy groups -OCH3 is 1. The van der Waals surface area contributed by atoms with Crippen molar-refractivity contribution < 1.29 is 4.74 Å². The number of hydrogen-bond acceptors (Lipinski definition) is 4. The molecule has 0 saturated heterocycles. The Hall–Kier alpha value is -2.08. The van der Waals surface area contributed by atoms with Crippen molar-refractivity contribution in [1.29, 1.82) is 0 Å². The fourth-order valence-electron chi connectivity index (χ4n) is 2.56. The summed E-state index contributed by atoms with van der Waals surface area (Å²) in [4.78, 5) is 10.4. The van der Waals surface area contributed by atoms with Crippen LogP contribution in [0.3, 0.4) is 0 Å². The van der Waals surface area contributed by atoms with E-state index in [1.54, 1.807) is 18.4 Å². The van der Waals surface area contributed by atoms with Gasteiger partial charge >= 0.3 is 0 Å². The Morgan fingerprint density at radius 3 is 2.54 bits per heavy atom. The molecule has 0 fully saturated rings. The predicted octanol–water partition coefficient (Wildman–Crippen LogP) is 3.54. The quantitative estimate of drug-likeness (QED) is 0.548. The highest BCUT2D eigenvalue weighted by Crippen LogP contribution is 2.25. The molecule has 26 heavy (non-hydrogen) atoms. The summed E-state index contributed by atoms with van der Waals surface area (Å²) in [5, 5.41) is 7.88. The van der Waals surface area contributed by atoms with Gasteiger partial charge in [0.1, 0.15) is 5.75 Å². The lowest BCUT2D eigenvalue weighted by Gasteiger charge is -2.24. The molecule has 1 aromatic carbocycles. The lowest BCUT2D eigenvalue weighted by Crippen LogP contribution is -2.39. The summed E-state index contributed by atoms with van der Waals surface area (Å²) in [6.45, 7) is 10.9. The number of ether oxygens (including phenoxy) is 1. The Morgan fingerprint density at radius 1 is 1.23 bits per heavy atom. The second kappa shape index (κ2) is 9.57. The molecule has 0 radical (unpaired) electrons. The van der Waals surface area contributed by atoms with Crippen molar-refractivity contribution in [3.63, 3.8) is 0 Å². The van der Waals surface area contributed by atoms with Crippen molar-refractivity contribution in [2.45, 2.75) is 39.5 Å². The molecular weight excluding hydrogens is 344 g/mol. The summed E-state index contributed by atoms with van der Waals surface area (Å²) in [5.74, 6) is 1.72. The summed E-state index contributed by atoms with van der Waals surface area (Å²) in [5.41, 5.74) is 1.19. The van der Waals surface area contributed by atoms with Gasteiger partial charge in [0.05, 0.1) is 18.7 Å². The third kappa shape index (κ3) is 6.02. The van der Waals surface area contributed by atoms with Crippen molar-refractivity contribution in [2.24, 2.45) is 4.99 Å².